The molecule has 1 aliphatic heterocycles. The Hall–Kier alpha value is -2.93. The Bertz CT molecular complexity index is 1060. The normalized spacial score (nSPS) is 28.1. The maximum absolute atomic E-state index is 12.9. The highest BCUT2D eigenvalue weighted by molar-refractivity contribution is 7.92. The fourth-order valence-electron chi connectivity index (χ4n) is 4.65. The van der Waals surface area contributed by atoms with Crippen LogP contribution in [0.2, 0.25) is 0 Å². The number of benzene rings is 2. The maximum atomic E-state index is 12.9. The molecule has 2 fully saturated rings. The molecule has 0 radical (unpaired) electrons. The number of imide groups is 1. The standard InChI is InChI=1S/C21H18N2O4S/c24-20-18-13-6-7-14(12-13)19(18)21(25)23(20)16-8-10-17(11-9-16)28(26,27)22-15-4-2-1-3-5-15/h1-11,13-14,18-19,22H,12H2/t13-,14?,18+,19-/m0/s1. The summed E-state index contributed by atoms with van der Waals surface area (Å²) >= 11 is 0. The van der Waals surface area contributed by atoms with Crippen molar-refractivity contribution in [1.29, 1.82) is 0 Å². The second kappa shape index (κ2) is 6.04. The van der Waals surface area contributed by atoms with Crippen molar-refractivity contribution >= 4 is 33.2 Å². The topological polar surface area (TPSA) is 83.6 Å². The lowest BCUT2D eigenvalue weighted by Crippen LogP contribution is -2.32. The van der Waals surface area contributed by atoms with Gasteiger partial charge in [0.05, 0.1) is 22.4 Å². The molecule has 3 aliphatic rings. The molecular formula is C21H18N2O4S. The van der Waals surface area contributed by atoms with Crippen LogP contribution in [-0.4, -0.2) is 20.2 Å². The number of amides is 2. The van der Waals surface area contributed by atoms with E-state index in [2.05, 4.69) is 4.72 Å². The average molecular weight is 394 g/mol. The largest absolute Gasteiger partial charge is 0.280 e. The van der Waals surface area contributed by atoms with Gasteiger partial charge in [-0.15, -0.1) is 0 Å². The molecule has 0 spiro atoms. The molecule has 5 rings (SSSR count). The molecule has 1 unspecified atom stereocenters. The SMILES string of the molecule is O=C1[C@@H]2[C@H]3C=CC(C3)[C@@H]2C(=O)N1c1ccc(S(=O)(=O)Nc2ccccc2)cc1. The number of fused-ring (bicyclic) bond motifs is 5. The zero-order valence-corrected chi connectivity index (χ0v) is 15.7. The number of allylic oxidation sites excluding steroid dienone is 2. The molecule has 6 nitrogen and oxygen atoms in total. The van der Waals surface area contributed by atoms with Crippen molar-refractivity contribution in [2.75, 3.05) is 9.62 Å². The highest BCUT2D eigenvalue weighted by atomic mass is 32.2. The minimum Gasteiger partial charge on any atom is -0.280 e. The predicted octanol–water partition coefficient (Wildman–Crippen LogP) is 2.80. The highest BCUT2D eigenvalue weighted by Gasteiger charge is 2.59. The number of nitrogens with zero attached hydrogens (tertiary/aromatic N) is 1. The molecule has 0 aromatic heterocycles. The number of para-hydroxylation sites is 1. The molecule has 142 valence electrons. The van der Waals surface area contributed by atoms with Crippen molar-refractivity contribution in [3.63, 3.8) is 0 Å². The summed E-state index contributed by atoms with van der Waals surface area (Å²) in [6.45, 7) is 0. The molecule has 1 saturated heterocycles. The Morgan fingerprint density at radius 3 is 1.96 bits per heavy atom. The van der Waals surface area contributed by atoms with Gasteiger partial charge in [-0.05, 0) is 54.7 Å². The van der Waals surface area contributed by atoms with Gasteiger partial charge in [-0.25, -0.2) is 8.42 Å². The molecule has 2 aromatic rings. The Labute approximate surface area is 162 Å². The summed E-state index contributed by atoms with van der Waals surface area (Å²) in [7, 11) is -3.75. The van der Waals surface area contributed by atoms with Gasteiger partial charge in [0.2, 0.25) is 11.8 Å². The Kier molecular flexibility index (Phi) is 3.71. The lowest BCUT2D eigenvalue weighted by molar-refractivity contribution is -0.123. The summed E-state index contributed by atoms with van der Waals surface area (Å²) in [5, 5.41) is 0. The van der Waals surface area contributed by atoms with Gasteiger partial charge in [0.15, 0.2) is 0 Å². The van der Waals surface area contributed by atoms with E-state index < -0.39 is 10.0 Å². The van der Waals surface area contributed by atoms with E-state index in [0.29, 0.717) is 11.4 Å². The third-order valence-corrected chi connectivity index (χ3v) is 7.30. The number of hydrogen-bond donors (Lipinski definition) is 1. The summed E-state index contributed by atoms with van der Waals surface area (Å²) in [5.41, 5.74) is 0.884. The number of anilines is 2. The average Bonchev–Trinajstić information content (AvgIpc) is 3.36. The fraction of sp³-hybridized carbons (Fsp3) is 0.238. The molecule has 2 amide bonds. The van der Waals surface area contributed by atoms with Gasteiger partial charge in [0, 0.05) is 5.69 Å². The molecule has 2 bridgehead atoms. The van der Waals surface area contributed by atoms with Crippen LogP contribution in [0, 0.1) is 23.7 Å². The van der Waals surface area contributed by atoms with Gasteiger partial charge in [-0.2, -0.15) is 0 Å². The summed E-state index contributed by atoms with van der Waals surface area (Å²) < 4.78 is 27.6. The van der Waals surface area contributed by atoms with Crippen molar-refractivity contribution in [1.82, 2.24) is 0 Å². The number of hydrogen-bond acceptors (Lipinski definition) is 4. The Morgan fingerprint density at radius 1 is 0.821 bits per heavy atom. The molecule has 2 aromatic carbocycles. The highest BCUT2D eigenvalue weighted by Crippen LogP contribution is 2.53. The van der Waals surface area contributed by atoms with E-state index in [9.17, 15) is 18.0 Å². The van der Waals surface area contributed by atoms with Crippen LogP contribution >= 0.6 is 0 Å². The molecule has 28 heavy (non-hydrogen) atoms. The minimum atomic E-state index is -3.75. The fourth-order valence-corrected chi connectivity index (χ4v) is 5.71. The summed E-state index contributed by atoms with van der Waals surface area (Å²) in [4.78, 5) is 27.0. The van der Waals surface area contributed by atoms with Crippen LogP contribution in [-0.2, 0) is 19.6 Å². The molecule has 1 saturated carbocycles. The molecule has 1 N–H and O–H groups in total. The van der Waals surface area contributed by atoms with Crippen LogP contribution in [0.15, 0.2) is 71.6 Å². The first-order chi connectivity index (χ1) is 13.5. The van der Waals surface area contributed by atoms with E-state index >= 15 is 0 Å². The van der Waals surface area contributed by atoms with Gasteiger partial charge in [0.1, 0.15) is 0 Å². The van der Waals surface area contributed by atoms with Crippen LogP contribution in [0.1, 0.15) is 6.42 Å². The van der Waals surface area contributed by atoms with Crippen molar-refractivity contribution < 1.29 is 18.0 Å². The van der Waals surface area contributed by atoms with Gasteiger partial charge in [-0.3, -0.25) is 19.2 Å². The summed E-state index contributed by atoms with van der Waals surface area (Å²) in [6, 6.07) is 14.5. The van der Waals surface area contributed by atoms with E-state index in [0.717, 1.165) is 6.42 Å². The van der Waals surface area contributed by atoms with Gasteiger partial charge in [-0.1, -0.05) is 30.4 Å². The first-order valence-corrected chi connectivity index (χ1v) is 10.7. The second-order valence-corrected chi connectivity index (χ2v) is 9.16. The van der Waals surface area contributed by atoms with Crippen LogP contribution < -0.4 is 9.62 Å². The van der Waals surface area contributed by atoms with Crippen molar-refractivity contribution in [3.8, 4) is 0 Å². The van der Waals surface area contributed by atoms with E-state index in [1.54, 1.807) is 30.3 Å². The summed E-state index contributed by atoms with van der Waals surface area (Å²) in [5.74, 6) is -0.608. The smallest absolute Gasteiger partial charge is 0.261 e. The second-order valence-electron chi connectivity index (χ2n) is 7.48. The maximum Gasteiger partial charge on any atom is 0.261 e. The predicted molar refractivity (Wildman–Crippen MR) is 104 cm³/mol. The van der Waals surface area contributed by atoms with Crippen LogP contribution in [0.5, 0.6) is 0 Å². The van der Waals surface area contributed by atoms with Crippen LogP contribution in [0.3, 0.4) is 0 Å². The van der Waals surface area contributed by atoms with Crippen LogP contribution in [0.4, 0.5) is 11.4 Å². The third kappa shape index (κ3) is 2.50. The van der Waals surface area contributed by atoms with Gasteiger partial charge < -0.3 is 0 Å². The van der Waals surface area contributed by atoms with Gasteiger partial charge >= 0.3 is 0 Å². The quantitative estimate of drug-likeness (QED) is 0.638. The van der Waals surface area contributed by atoms with E-state index in [1.807, 2.05) is 12.2 Å². The Morgan fingerprint density at radius 2 is 1.39 bits per heavy atom. The molecular weight excluding hydrogens is 376 g/mol. The summed E-state index contributed by atoms with van der Waals surface area (Å²) in [6.07, 6.45) is 4.97. The van der Waals surface area contributed by atoms with Gasteiger partial charge in [0.25, 0.3) is 10.0 Å². The van der Waals surface area contributed by atoms with Crippen molar-refractivity contribution in [2.45, 2.75) is 11.3 Å². The monoisotopic (exact) mass is 394 g/mol. The molecule has 7 heteroatoms. The number of carbonyl (C=O) groups excluding carboxylic acids is 2. The molecule has 2 aliphatic carbocycles. The van der Waals surface area contributed by atoms with E-state index in [4.69, 9.17) is 0 Å². The third-order valence-electron chi connectivity index (χ3n) is 5.90. The molecule has 1 heterocycles. The first-order valence-electron chi connectivity index (χ1n) is 9.20. The lowest BCUT2D eigenvalue weighted by Gasteiger charge is -2.17. The number of rotatable bonds is 4. The first kappa shape index (κ1) is 17.2. The van der Waals surface area contributed by atoms with E-state index in [-0.39, 0.29) is 40.4 Å². The number of carbonyl (C=O) groups is 2. The van der Waals surface area contributed by atoms with Crippen LogP contribution in [0.25, 0.3) is 0 Å². The zero-order valence-electron chi connectivity index (χ0n) is 14.9. The zero-order chi connectivity index (χ0) is 19.5. The Balaban J connectivity index is 1.40. The van der Waals surface area contributed by atoms with E-state index in [1.165, 1.54) is 29.2 Å². The molecule has 4 atom stereocenters. The number of sulfonamides is 1. The van der Waals surface area contributed by atoms with Crippen molar-refractivity contribution in [3.05, 3.63) is 66.7 Å². The minimum absolute atomic E-state index is 0.0705. The number of nitrogens with one attached hydrogen (secondary N) is 1. The lowest BCUT2D eigenvalue weighted by atomic mass is 9.85. The van der Waals surface area contributed by atoms with Crippen molar-refractivity contribution in [2.24, 2.45) is 23.7 Å².